The minimum absolute atomic E-state index is 0.248. The number of fused-ring (bicyclic) bond motifs is 4. The molecule has 14 rings (SSSR count). The number of halogens is 1. The first-order chi connectivity index (χ1) is 48.2. The van der Waals surface area contributed by atoms with Gasteiger partial charge in [0.15, 0.2) is 6.79 Å². The van der Waals surface area contributed by atoms with Gasteiger partial charge in [0, 0.05) is 150 Å². The van der Waals surface area contributed by atoms with Gasteiger partial charge in [-0.2, -0.15) is 19.9 Å². The average Bonchev–Trinajstić information content (AvgIpc) is 0.784. The van der Waals surface area contributed by atoms with Gasteiger partial charge in [-0.15, -0.1) is 0 Å². The molecular weight excluding hydrogens is 1310 g/mol. The molecule has 4 saturated heterocycles. The number of hydrogen-bond donors (Lipinski definition) is 1. The molecule has 8 aromatic rings. The number of rotatable bonds is 20. The Morgan fingerprint density at radius 3 is 1.70 bits per heavy atom. The number of aryl methyl sites for hydroxylation is 1. The third-order valence-electron chi connectivity index (χ3n) is 18.2. The fourth-order valence-corrected chi connectivity index (χ4v) is 13.5. The van der Waals surface area contributed by atoms with Crippen molar-refractivity contribution in [3.63, 3.8) is 0 Å². The predicted molar refractivity (Wildman–Crippen MR) is 380 cm³/mol. The van der Waals surface area contributed by atoms with E-state index in [1.54, 1.807) is 23.1 Å². The molecule has 6 aliphatic rings. The third kappa shape index (κ3) is 19.0. The molecule has 0 radical (unpaired) electrons. The summed E-state index contributed by atoms with van der Waals surface area (Å²) in [5, 5.41) is 6.95. The van der Waals surface area contributed by atoms with Gasteiger partial charge in [0.1, 0.15) is 30.6 Å². The molecule has 2 amide bonds. The van der Waals surface area contributed by atoms with Gasteiger partial charge in [0.25, 0.3) is 0 Å². The van der Waals surface area contributed by atoms with Crippen molar-refractivity contribution >= 4 is 67.1 Å². The number of nitrogens with zero attached hydrogens (tertiary/aromatic N) is 12. The maximum absolute atomic E-state index is 12.9. The SMILES string of the molecule is COCOc1cc(Br)c2ncccc2c1.Cc1cc(N2CCc3c(nc(OCCCN4CCOCC4)nc3N3CCN(C(=O)OCc4ccccc4)CC3)C2)c2ccccc2c1.O=C(OCc1ccccc1)N1CCN(c2nc(OCCCN3CCOCC3)nc3c2CCNC3)CC1. The van der Waals surface area contributed by atoms with Crippen LogP contribution in [-0.4, -0.2) is 215 Å². The van der Waals surface area contributed by atoms with Gasteiger partial charge in [0.2, 0.25) is 0 Å². The Kier molecular flexibility index (Phi) is 25.0. The molecule has 0 bridgehead atoms. The van der Waals surface area contributed by atoms with E-state index in [-0.39, 0.29) is 25.6 Å². The maximum atomic E-state index is 12.9. The van der Waals surface area contributed by atoms with Crippen LogP contribution in [0.2, 0.25) is 0 Å². The molecule has 5 aromatic carbocycles. The Bertz CT molecular complexity index is 3870. The highest BCUT2D eigenvalue weighted by Gasteiger charge is 2.32. The largest absolute Gasteiger partial charge is 0.468 e. The minimum Gasteiger partial charge on any atom is -0.468 e. The van der Waals surface area contributed by atoms with Crippen LogP contribution < -0.4 is 34.2 Å². The summed E-state index contributed by atoms with van der Waals surface area (Å²) >= 11 is 3.46. The molecule has 0 atom stereocenters. The summed E-state index contributed by atoms with van der Waals surface area (Å²) in [6, 6.07) is 41.3. The first kappa shape index (κ1) is 69.4. The van der Waals surface area contributed by atoms with E-state index in [1.165, 1.54) is 33.2 Å². The fraction of sp³-hybridized carbons (Fsp3) is 0.446. The zero-order valence-electron chi connectivity index (χ0n) is 56.4. The van der Waals surface area contributed by atoms with Crippen molar-refractivity contribution in [3.8, 4) is 17.8 Å². The number of morpholine rings is 2. The smallest absolute Gasteiger partial charge is 0.410 e. The summed E-state index contributed by atoms with van der Waals surface area (Å²) in [5.41, 5.74) is 9.79. The third-order valence-corrected chi connectivity index (χ3v) is 18.8. The first-order valence-electron chi connectivity index (χ1n) is 34.4. The van der Waals surface area contributed by atoms with Gasteiger partial charge in [-0.1, -0.05) is 97.1 Å². The zero-order valence-corrected chi connectivity index (χ0v) is 58.0. The maximum Gasteiger partial charge on any atom is 0.410 e. The number of pyridine rings is 1. The Morgan fingerprint density at radius 2 is 1.11 bits per heavy atom. The number of amides is 2. The van der Waals surface area contributed by atoms with Crippen LogP contribution >= 0.6 is 15.9 Å². The number of methoxy groups -OCH3 is 1. The van der Waals surface area contributed by atoms with E-state index in [2.05, 4.69) is 94.1 Å². The summed E-state index contributed by atoms with van der Waals surface area (Å²) in [7, 11) is 1.59. The molecule has 9 heterocycles. The molecule has 3 aromatic heterocycles. The van der Waals surface area contributed by atoms with Crippen molar-refractivity contribution in [1.82, 2.24) is 49.8 Å². The highest BCUT2D eigenvalue weighted by atomic mass is 79.9. The number of aromatic nitrogens is 5. The molecule has 0 spiro atoms. The fourth-order valence-electron chi connectivity index (χ4n) is 13.0. The molecule has 98 heavy (non-hydrogen) atoms. The van der Waals surface area contributed by atoms with Crippen LogP contribution in [-0.2, 0) is 62.8 Å². The van der Waals surface area contributed by atoms with Crippen molar-refractivity contribution in [2.24, 2.45) is 0 Å². The minimum atomic E-state index is -0.275. The number of anilines is 3. The monoisotopic (exact) mass is 1400 g/mol. The van der Waals surface area contributed by atoms with E-state index in [1.807, 2.05) is 84.9 Å². The van der Waals surface area contributed by atoms with E-state index < -0.39 is 0 Å². The summed E-state index contributed by atoms with van der Waals surface area (Å²) in [6.45, 7) is 21.5. The van der Waals surface area contributed by atoms with Gasteiger partial charge in [-0.3, -0.25) is 14.8 Å². The lowest BCUT2D eigenvalue weighted by Gasteiger charge is -2.38. The van der Waals surface area contributed by atoms with E-state index >= 15 is 0 Å². The molecule has 0 aliphatic carbocycles. The summed E-state index contributed by atoms with van der Waals surface area (Å²) in [5.74, 6) is 2.65. The van der Waals surface area contributed by atoms with Gasteiger partial charge in [-0.05, 0) is 101 Å². The second-order valence-electron chi connectivity index (χ2n) is 25.0. The van der Waals surface area contributed by atoms with Crippen molar-refractivity contribution < 1.29 is 47.5 Å². The Hall–Kier alpha value is -8.49. The normalized spacial score (nSPS) is 16.6. The van der Waals surface area contributed by atoms with E-state index in [0.717, 1.165) is 166 Å². The lowest BCUT2D eigenvalue weighted by atomic mass is 10.0. The molecule has 518 valence electrons. The lowest BCUT2D eigenvalue weighted by molar-refractivity contribution is 0.0356. The van der Waals surface area contributed by atoms with Gasteiger partial charge < -0.3 is 67.7 Å². The number of nitrogens with one attached hydrogen (secondary N) is 1. The van der Waals surface area contributed by atoms with E-state index in [4.69, 9.17) is 57.8 Å². The standard InChI is InChI=1S/C37H44N6O4.C26H36N6O4.C11H10BrNO2/c1-28-24-30-10-5-6-11-31(30)34(25-28)43-14-12-32-33(26-43)38-36(46-21-7-13-40-19-22-45-23-20-40)39-35(32)41-15-17-42(18-16-41)37(44)47-27-29-8-3-2-4-9-29;33-26(36-20-21-5-2-1-3-6-21)32-12-10-31(11-13-32)24-22-7-8-27-19-23(22)28-25(29-24)35-16-4-9-30-14-17-34-18-15-30;1-14-7-15-9-5-8-3-2-4-13-11(8)10(12)6-9/h2-6,8-11,24-25H,7,12-23,26-27H2,1H3;1-3,5-6,27H,4,7-20H2;2-6H,7H2,1H3. The van der Waals surface area contributed by atoms with Crippen molar-refractivity contribution in [3.05, 3.63) is 171 Å². The van der Waals surface area contributed by atoms with Gasteiger partial charge in [0.05, 0.1) is 63.1 Å². The summed E-state index contributed by atoms with van der Waals surface area (Å²) in [6.07, 6.45) is 4.78. The number of piperazine rings is 2. The Morgan fingerprint density at radius 1 is 0.561 bits per heavy atom. The molecule has 23 nitrogen and oxygen atoms in total. The molecule has 24 heteroatoms. The van der Waals surface area contributed by atoms with Crippen LogP contribution in [0.4, 0.5) is 26.9 Å². The van der Waals surface area contributed by atoms with Crippen LogP contribution in [0.1, 0.15) is 52.0 Å². The van der Waals surface area contributed by atoms with Crippen LogP contribution in [0.5, 0.6) is 17.8 Å². The number of carbonyl (C=O) groups excluding carboxylic acids is 2. The molecule has 4 fully saturated rings. The molecule has 0 saturated carbocycles. The lowest BCUT2D eigenvalue weighted by Crippen LogP contribution is -2.49. The molecular formula is C74H90BrN13O10. The molecule has 6 aliphatic heterocycles. The summed E-state index contributed by atoms with van der Waals surface area (Å²) < 4.78 is 45.4. The predicted octanol–water partition coefficient (Wildman–Crippen LogP) is 9.72. The first-order valence-corrected chi connectivity index (χ1v) is 35.1. The van der Waals surface area contributed by atoms with E-state index in [9.17, 15) is 9.59 Å². The number of hydrogen-bond acceptors (Lipinski definition) is 21. The van der Waals surface area contributed by atoms with Gasteiger partial charge in [-0.25, -0.2) is 9.59 Å². The van der Waals surface area contributed by atoms with Crippen molar-refractivity contribution in [2.75, 3.05) is 173 Å². The zero-order chi connectivity index (χ0) is 67.3. The topological polar surface area (TPSA) is 207 Å². The Labute approximate surface area is 582 Å². The van der Waals surface area contributed by atoms with Crippen LogP contribution in [0.3, 0.4) is 0 Å². The molecule has 1 N–H and O–H groups in total. The number of ether oxygens (including phenoxy) is 8. The Balaban J connectivity index is 0.000000157. The van der Waals surface area contributed by atoms with Crippen LogP contribution in [0, 0.1) is 6.92 Å². The van der Waals surface area contributed by atoms with E-state index in [0.29, 0.717) is 90.7 Å². The quantitative estimate of drug-likeness (QED) is 0.0556. The number of carbonyl (C=O) groups is 2. The highest BCUT2D eigenvalue weighted by Crippen LogP contribution is 2.36. The average molecular weight is 1400 g/mol. The number of benzene rings is 5. The van der Waals surface area contributed by atoms with Crippen LogP contribution in [0.15, 0.2) is 132 Å². The summed E-state index contributed by atoms with van der Waals surface area (Å²) in [4.78, 5) is 64.7. The van der Waals surface area contributed by atoms with Crippen molar-refractivity contribution in [2.45, 2.75) is 58.9 Å². The second kappa shape index (κ2) is 35.3. The van der Waals surface area contributed by atoms with Crippen molar-refractivity contribution in [1.29, 1.82) is 0 Å². The van der Waals surface area contributed by atoms with Gasteiger partial charge >= 0.3 is 24.2 Å². The molecule has 0 unspecified atom stereocenters. The second-order valence-corrected chi connectivity index (χ2v) is 25.8. The highest BCUT2D eigenvalue weighted by molar-refractivity contribution is 9.10. The van der Waals surface area contributed by atoms with Crippen LogP contribution in [0.25, 0.3) is 21.7 Å².